The first-order chi connectivity index (χ1) is 4.92. The fourth-order valence-electron chi connectivity index (χ4n) is 0.624. The molecule has 0 radical (unpaired) electrons. The molecule has 0 aliphatic heterocycles. The minimum atomic E-state index is 0.341. The van der Waals surface area contributed by atoms with Crippen LogP contribution in [0.25, 0.3) is 0 Å². The Hall–Kier alpha value is -0.330. The number of nitrogens with zero attached hydrogens (tertiary/aromatic N) is 1. The average Bonchev–Trinajstić information content (AvgIpc) is 1.78. The van der Waals surface area contributed by atoms with Crippen LogP contribution in [0.5, 0.6) is 0 Å². The van der Waals surface area contributed by atoms with Crippen LogP contribution in [-0.2, 0) is 0 Å². The summed E-state index contributed by atoms with van der Waals surface area (Å²) < 4.78 is 0. The highest BCUT2D eigenvalue weighted by atomic mass is 14.7. The van der Waals surface area contributed by atoms with E-state index < -0.39 is 0 Å². The van der Waals surface area contributed by atoms with Crippen LogP contribution >= 0.6 is 0 Å². The Labute approximate surface area is 70.9 Å². The zero-order valence-corrected chi connectivity index (χ0v) is 8.52. The summed E-state index contributed by atoms with van der Waals surface area (Å²) in [4.78, 5) is 4.36. The van der Waals surface area contributed by atoms with E-state index in [0.717, 1.165) is 18.9 Å². The minimum absolute atomic E-state index is 0.341. The highest BCUT2D eigenvalue weighted by Crippen LogP contribution is 2.12. The van der Waals surface area contributed by atoms with Crippen LogP contribution < -0.4 is 0 Å². The van der Waals surface area contributed by atoms with Crippen molar-refractivity contribution in [2.75, 3.05) is 6.54 Å². The topological polar surface area (TPSA) is 12.4 Å². The zero-order valence-electron chi connectivity index (χ0n) is 8.52. The lowest BCUT2D eigenvalue weighted by atomic mass is 9.97. The molecule has 0 spiro atoms. The predicted octanol–water partition coefficient (Wildman–Crippen LogP) is 3.15. The van der Waals surface area contributed by atoms with E-state index in [9.17, 15) is 0 Å². The third-order valence-corrected chi connectivity index (χ3v) is 1.27. The standard InChI is InChI=1S/C10H21N/c1-9(2)6-7-11-8-10(3,4)5/h7,9H,6,8H2,1-5H3/b11-7+. The summed E-state index contributed by atoms with van der Waals surface area (Å²) in [5.74, 6) is 0.735. The molecule has 0 saturated carbocycles. The first kappa shape index (κ1) is 10.7. The number of hydrogen-bond donors (Lipinski definition) is 0. The van der Waals surface area contributed by atoms with Crippen LogP contribution in [0.3, 0.4) is 0 Å². The van der Waals surface area contributed by atoms with E-state index in [1.165, 1.54) is 0 Å². The largest absolute Gasteiger partial charge is 0.297 e. The van der Waals surface area contributed by atoms with Gasteiger partial charge in [-0.15, -0.1) is 0 Å². The molecule has 0 aromatic heterocycles. The zero-order chi connectivity index (χ0) is 8.91. The Morgan fingerprint density at radius 3 is 2.18 bits per heavy atom. The molecule has 0 aliphatic rings. The van der Waals surface area contributed by atoms with Gasteiger partial charge in [-0.1, -0.05) is 34.6 Å². The summed E-state index contributed by atoms with van der Waals surface area (Å²) in [7, 11) is 0. The fourth-order valence-corrected chi connectivity index (χ4v) is 0.624. The summed E-state index contributed by atoms with van der Waals surface area (Å²) in [6.07, 6.45) is 3.16. The Morgan fingerprint density at radius 2 is 1.82 bits per heavy atom. The molecule has 0 fully saturated rings. The summed E-state index contributed by atoms with van der Waals surface area (Å²) >= 11 is 0. The third kappa shape index (κ3) is 9.67. The van der Waals surface area contributed by atoms with Gasteiger partial charge in [0.2, 0.25) is 0 Å². The molecular formula is C10H21N. The average molecular weight is 155 g/mol. The molecule has 11 heavy (non-hydrogen) atoms. The van der Waals surface area contributed by atoms with Crippen molar-refractivity contribution in [1.29, 1.82) is 0 Å². The lowest BCUT2D eigenvalue weighted by Crippen LogP contribution is -2.09. The molecule has 1 heteroatoms. The Balaban J connectivity index is 3.46. The van der Waals surface area contributed by atoms with E-state index in [2.05, 4.69) is 45.8 Å². The Kier molecular flexibility index (Phi) is 4.39. The SMILES string of the molecule is CC(C)C/C=N/CC(C)(C)C. The van der Waals surface area contributed by atoms with E-state index in [-0.39, 0.29) is 0 Å². The van der Waals surface area contributed by atoms with E-state index in [1.807, 2.05) is 0 Å². The maximum Gasteiger partial charge on any atom is 0.0433 e. The quantitative estimate of drug-likeness (QED) is 0.555. The Bertz CT molecular complexity index is 117. The molecule has 0 bridgehead atoms. The monoisotopic (exact) mass is 155 g/mol. The van der Waals surface area contributed by atoms with Crippen LogP contribution in [0, 0.1) is 11.3 Å². The maximum absolute atomic E-state index is 4.36. The van der Waals surface area contributed by atoms with Gasteiger partial charge in [-0.3, -0.25) is 4.99 Å². The van der Waals surface area contributed by atoms with Gasteiger partial charge in [0.15, 0.2) is 0 Å². The van der Waals surface area contributed by atoms with Gasteiger partial charge in [0.25, 0.3) is 0 Å². The highest BCUT2D eigenvalue weighted by Gasteiger charge is 2.06. The van der Waals surface area contributed by atoms with Crippen LogP contribution in [0.1, 0.15) is 41.0 Å². The fraction of sp³-hybridized carbons (Fsp3) is 0.900. The number of hydrogen-bond acceptors (Lipinski definition) is 1. The van der Waals surface area contributed by atoms with Gasteiger partial charge in [-0.25, -0.2) is 0 Å². The summed E-state index contributed by atoms with van der Waals surface area (Å²) in [6.45, 7) is 12.0. The predicted molar refractivity (Wildman–Crippen MR) is 52.3 cm³/mol. The molecular weight excluding hydrogens is 134 g/mol. The molecule has 0 unspecified atom stereocenters. The van der Waals surface area contributed by atoms with E-state index >= 15 is 0 Å². The molecule has 0 rings (SSSR count). The second-order valence-electron chi connectivity index (χ2n) is 4.71. The third-order valence-electron chi connectivity index (χ3n) is 1.27. The second kappa shape index (κ2) is 4.53. The van der Waals surface area contributed by atoms with Crippen molar-refractivity contribution in [1.82, 2.24) is 0 Å². The van der Waals surface area contributed by atoms with Crippen molar-refractivity contribution in [3.8, 4) is 0 Å². The minimum Gasteiger partial charge on any atom is -0.297 e. The molecule has 0 amide bonds. The van der Waals surface area contributed by atoms with Crippen LogP contribution in [0.4, 0.5) is 0 Å². The first-order valence-electron chi connectivity index (χ1n) is 4.40. The smallest absolute Gasteiger partial charge is 0.0433 e. The van der Waals surface area contributed by atoms with Crippen molar-refractivity contribution < 1.29 is 0 Å². The van der Waals surface area contributed by atoms with Gasteiger partial charge in [0, 0.05) is 6.54 Å². The highest BCUT2D eigenvalue weighted by molar-refractivity contribution is 5.57. The van der Waals surface area contributed by atoms with Crippen molar-refractivity contribution >= 4 is 6.21 Å². The van der Waals surface area contributed by atoms with Crippen molar-refractivity contribution in [2.45, 2.75) is 41.0 Å². The molecule has 66 valence electrons. The van der Waals surface area contributed by atoms with Crippen LogP contribution in [0.2, 0.25) is 0 Å². The molecule has 0 saturated heterocycles. The first-order valence-corrected chi connectivity index (χ1v) is 4.40. The van der Waals surface area contributed by atoms with Crippen LogP contribution in [0.15, 0.2) is 4.99 Å². The maximum atomic E-state index is 4.36. The number of aliphatic imine (C=N–C) groups is 1. The summed E-state index contributed by atoms with van der Waals surface area (Å²) in [5.41, 5.74) is 0.341. The molecule has 0 heterocycles. The molecule has 0 aliphatic carbocycles. The van der Waals surface area contributed by atoms with Gasteiger partial charge in [0.05, 0.1) is 0 Å². The Morgan fingerprint density at radius 1 is 1.27 bits per heavy atom. The lowest BCUT2D eigenvalue weighted by molar-refractivity contribution is 0.429. The van der Waals surface area contributed by atoms with E-state index in [0.29, 0.717) is 5.41 Å². The molecule has 0 aromatic rings. The van der Waals surface area contributed by atoms with Crippen molar-refractivity contribution in [3.63, 3.8) is 0 Å². The molecule has 1 nitrogen and oxygen atoms in total. The summed E-state index contributed by atoms with van der Waals surface area (Å²) in [5, 5.41) is 0. The van der Waals surface area contributed by atoms with Gasteiger partial charge in [-0.2, -0.15) is 0 Å². The van der Waals surface area contributed by atoms with Crippen LogP contribution in [-0.4, -0.2) is 12.8 Å². The van der Waals surface area contributed by atoms with Gasteiger partial charge >= 0.3 is 0 Å². The molecule has 0 N–H and O–H groups in total. The van der Waals surface area contributed by atoms with Crippen molar-refractivity contribution in [3.05, 3.63) is 0 Å². The summed E-state index contributed by atoms with van der Waals surface area (Å²) in [6, 6.07) is 0. The van der Waals surface area contributed by atoms with Gasteiger partial charge in [-0.05, 0) is 24.0 Å². The normalized spacial score (nSPS) is 13.3. The molecule has 0 aromatic carbocycles. The second-order valence-corrected chi connectivity index (χ2v) is 4.71. The van der Waals surface area contributed by atoms with E-state index in [4.69, 9.17) is 0 Å². The van der Waals surface area contributed by atoms with Gasteiger partial charge < -0.3 is 0 Å². The van der Waals surface area contributed by atoms with Crippen molar-refractivity contribution in [2.24, 2.45) is 16.3 Å². The lowest BCUT2D eigenvalue weighted by Gasteiger charge is -2.13. The number of rotatable bonds is 3. The van der Waals surface area contributed by atoms with E-state index in [1.54, 1.807) is 0 Å². The van der Waals surface area contributed by atoms with Gasteiger partial charge in [0.1, 0.15) is 0 Å². The molecule has 0 atom stereocenters.